The molecule has 0 fully saturated rings. The van der Waals surface area contributed by atoms with Crippen molar-refractivity contribution in [2.24, 2.45) is 0 Å². The van der Waals surface area contributed by atoms with Crippen molar-refractivity contribution < 1.29 is 37.5 Å². The van der Waals surface area contributed by atoms with E-state index in [-0.39, 0.29) is 30.8 Å². The number of nitrogens with one attached hydrogen (secondary N) is 1. The number of alkyl halides is 3. The molecular formula is C13H15F3N2O6. The summed E-state index contributed by atoms with van der Waals surface area (Å²) < 4.78 is 46.1. The summed E-state index contributed by atoms with van der Waals surface area (Å²) in [7, 11) is 1.18. The third kappa shape index (κ3) is 6.28. The molecule has 1 aromatic carbocycles. The molecule has 134 valence electrons. The number of methoxy groups -OCH3 is 1. The van der Waals surface area contributed by atoms with Crippen LogP contribution >= 0.6 is 0 Å². The van der Waals surface area contributed by atoms with Crippen molar-refractivity contribution in [1.29, 1.82) is 0 Å². The highest BCUT2D eigenvalue weighted by molar-refractivity contribution is 5.66. The van der Waals surface area contributed by atoms with E-state index in [1.54, 1.807) is 0 Å². The SMILES string of the molecule is COc1cc(CNCCC(=O)O)c([N+](=O)[O-])cc1OCC(F)(F)F. The fourth-order valence-corrected chi connectivity index (χ4v) is 1.75. The number of nitro groups is 1. The van der Waals surface area contributed by atoms with Crippen molar-refractivity contribution in [3.63, 3.8) is 0 Å². The number of nitro benzene ring substituents is 1. The summed E-state index contributed by atoms with van der Waals surface area (Å²) in [5.41, 5.74) is -0.336. The lowest BCUT2D eigenvalue weighted by Gasteiger charge is -2.14. The fraction of sp³-hybridized carbons (Fsp3) is 0.462. The van der Waals surface area contributed by atoms with E-state index in [2.05, 4.69) is 10.1 Å². The first-order valence-electron chi connectivity index (χ1n) is 6.61. The summed E-state index contributed by atoms with van der Waals surface area (Å²) in [4.78, 5) is 20.7. The minimum absolute atomic E-state index is 0.0560. The first kappa shape index (κ1) is 19.5. The lowest BCUT2D eigenvalue weighted by molar-refractivity contribution is -0.385. The molecule has 0 aliphatic rings. The van der Waals surface area contributed by atoms with Crippen LogP contribution in [0.25, 0.3) is 0 Å². The van der Waals surface area contributed by atoms with E-state index in [1.807, 2.05) is 0 Å². The molecule has 0 bridgehead atoms. The van der Waals surface area contributed by atoms with E-state index in [0.717, 1.165) is 6.07 Å². The van der Waals surface area contributed by atoms with Gasteiger partial charge in [-0.05, 0) is 6.07 Å². The molecule has 0 radical (unpaired) electrons. The van der Waals surface area contributed by atoms with Gasteiger partial charge in [-0.25, -0.2) is 0 Å². The zero-order valence-electron chi connectivity index (χ0n) is 12.6. The van der Waals surface area contributed by atoms with Gasteiger partial charge in [0.1, 0.15) is 0 Å². The van der Waals surface area contributed by atoms with Gasteiger partial charge in [-0.15, -0.1) is 0 Å². The van der Waals surface area contributed by atoms with Crippen LogP contribution in [-0.4, -0.2) is 42.4 Å². The summed E-state index contributed by atoms with van der Waals surface area (Å²) >= 11 is 0. The topological polar surface area (TPSA) is 111 Å². The van der Waals surface area contributed by atoms with Crippen LogP contribution in [-0.2, 0) is 11.3 Å². The van der Waals surface area contributed by atoms with E-state index in [1.165, 1.54) is 13.2 Å². The van der Waals surface area contributed by atoms with Crippen LogP contribution in [0, 0.1) is 10.1 Å². The minimum Gasteiger partial charge on any atom is -0.493 e. The predicted octanol–water partition coefficient (Wildman–Crippen LogP) is 2.11. The number of aliphatic carboxylic acids is 1. The molecule has 0 saturated carbocycles. The molecule has 0 spiro atoms. The second-order valence-electron chi connectivity index (χ2n) is 4.61. The monoisotopic (exact) mass is 352 g/mol. The Balaban J connectivity index is 2.98. The molecule has 8 nitrogen and oxygen atoms in total. The van der Waals surface area contributed by atoms with E-state index in [9.17, 15) is 28.1 Å². The highest BCUT2D eigenvalue weighted by Crippen LogP contribution is 2.35. The fourth-order valence-electron chi connectivity index (χ4n) is 1.75. The number of nitrogens with zero attached hydrogens (tertiary/aromatic N) is 1. The van der Waals surface area contributed by atoms with Gasteiger partial charge in [-0.3, -0.25) is 14.9 Å². The first-order chi connectivity index (χ1) is 11.1. The molecule has 0 unspecified atom stereocenters. The normalized spacial score (nSPS) is 11.2. The van der Waals surface area contributed by atoms with Gasteiger partial charge in [0.05, 0.1) is 24.5 Å². The third-order valence-electron chi connectivity index (χ3n) is 2.78. The van der Waals surface area contributed by atoms with Crippen LogP contribution in [0.2, 0.25) is 0 Å². The Labute approximate surface area is 134 Å². The molecule has 0 aliphatic heterocycles. The van der Waals surface area contributed by atoms with Gasteiger partial charge < -0.3 is 19.9 Å². The highest BCUT2D eigenvalue weighted by Gasteiger charge is 2.30. The van der Waals surface area contributed by atoms with Crippen molar-refractivity contribution in [2.75, 3.05) is 20.3 Å². The Morgan fingerprint density at radius 2 is 2.04 bits per heavy atom. The van der Waals surface area contributed by atoms with E-state index in [0.29, 0.717) is 0 Å². The molecule has 0 amide bonds. The van der Waals surface area contributed by atoms with Crippen LogP contribution in [0.1, 0.15) is 12.0 Å². The van der Waals surface area contributed by atoms with Gasteiger partial charge >= 0.3 is 12.1 Å². The number of halogens is 3. The average Bonchev–Trinajstić information content (AvgIpc) is 2.48. The van der Waals surface area contributed by atoms with Crippen molar-refractivity contribution >= 4 is 11.7 Å². The maximum Gasteiger partial charge on any atom is 0.422 e. The summed E-state index contributed by atoms with van der Waals surface area (Å²) in [6.07, 6.45) is -4.78. The largest absolute Gasteiger partial charge is 0.493 e. The van der Waals surface area contributed by atoms with Gasteiger partial charge in [0.25, 0.3) is 5.69 Å². The van der Waals surface area contributed by atoms with Crippen molar-refractivity contribution in [2.45, 2.75) is 19.1 Å². The molecule has 1 rings (SSSR count). The molecule has 1 aromatic rings. The molecular weight excluding hydrogens is 337 g/mol. The highest BCUT2D eigenvalue weighted by atomic mass is 19.4. The zero-order valence-corrected chi connectivity index (χ0v) is 12.6. The molecule has 0 aliphatic carbocycles. The standard InChI is InChI=1S/C13H15F3N2O6/c1-23-10-4-8(6-17-3-2-12(19)20)9(18(21)22)5-11(10)24-7-13(14,15)16/h4-5,17H,2-3,6-7H2,1H3,(H,19,20). The zero-order chi connectivity index (χ0) is 18.3. The first-order valence-corrected chi connectivity index (χ1v) is 6.61. The van der Waals surface area contributed by atoms with E-state index < -0.39 is 35.1 Å². The maximum absolute atomic E-state index is 12.2. The number of carboxylic acids is 1. The van der Waals surface area contributed by atoms with Gasteiger partial charge in [0.2, 0.25) is 0 Å². The van der Waals surface area contributed by atoms with E-state index >= 15 is 0 Å². The Morgan fingerprint density at radius 1 is 1.38 bits per heavy atom. The van der Waals surface area contributed by atoms with E-state index in [4.69, 9.17) is 9.84 Å². The average molecular weight is 352 g/mol. The second-order valence-corrected chi connectivity index (χ2v) is 4.61. The lowest BCUT2D eigenvalue weighted by atomic mass is 10.1. The van der Waals surface area contributed by atoms with Gasteiger partial charge in [-0.2, -0.15) is 13.2 Å². The number of carbonyl (C=O) groups is 1. The Hall–Kier alpha value is -2.56. The van der Waals surface area contributed by atoms with Crippen LogP contribution in [0.5, 0.6) is 11.5 Å². The van der Waals surface area contributed by atoms with Crippen molar-refractivity contribution in [3.8, 4) is 11.5 Å². The van der Waals surface area contributed by atoms with Gasteiger partial charge in [0.15, 0.2) is 18.1 Å². The summed E-state index contributed by atoms with van der Waals surface area (Å²) in [6.45, 7) is -1.60. The Bertz CT molecular complexity index is 606. The van der Waals surface area contributed by atoms with Crippen LogP contribution in [0.4, 0.5) is 18.9 Å². The van der Waals surface area contributed by atoms with Crippen molar-refractivity contribution in [1.82, 2.24) is 5.32 Å². The van der Waals surface area contributed by atoms with Gasteiger partial charge in [0, 0.05) is 18.7 Å². The maximum atomic E-state index is 12.2. The number of benzene rings is 1. The quantitative estimate of drug-likeness (QED) is 0.398. The predicted molar refractivity (Wildman–Crippen MR) is 75.2 cm³/mol. The van der Waals surface area contributed by atoms with Crippen molar-refractivity contribution in [3.05, 3.63) is 27.8 Å². The Morgan fingerprint density at radius 3 is 2.54 bits per heavy atom. The van der Waals surface area contributed by atoms with Gasteiger partial charge in [-0.1, -0.05) is 0 Å². The molecule has 2 N–H and O–H groups in total. The number of rotatable bonds is 9. The Kier molecular flexibility index (Phi) is 6.77. The minimum atomic E-state index is -4.60. The smallest absolute Gasteiger partial charge is 0.422 e. The van der Waals surface area contributed by atoms with Crippen LogP contribution in [0.3, 0.4) is 0 Å². The molecule has 0 heterocycles. The van der Waals surface area contributed by atoms with Crippen LogP contribution in [0.15, 0.2) is 12.1 Å². The summed E-state index contributed by atoms with van der Waals surface area (Å²) in [5.74, 6) is -1.54. The number of hydrogen-bond donors (Lipinski definition) is 2. The second kappa shape index (κ2) is 8.34. The third-order valence-corrected chi connectivity index (χ3v) is 2.78. The lowest BCUT2D eigenvalue weighted by Crippen LogP contribution is -2.20. The molecule has 0 atom stereocenters. The summed E-state index contributed by atoms with van der Waals surface area (Å²) in [6, 6.07) is 2.02. The molecule has 24 heavy (non-hydrogen) atoms. The number of ether oxygens (including phenoxy) is 2. The number of hydrogen-bond acceptors (Lipinski definition) is 6. The van der Waals surface area contributed by atoms with Crippen LogP contribution < -0.4 is 14.8 Å². The molecule has 0 saturated heterocycles. The number of carboxylic acid groups (broad SMARTS) is 1. The molecule has 11 heteroatoms. The summed E-state index contributed by atoms with van der Waals surface area (Å²) in [5, 5.41) is 22.3. The molecule has 0 aromatic heterocycles.